The van der Waals surface area contributed by atoms with Crippen LogP contribution in [0.5, 0.6) is 0 Å². The lowest BCUT2D eigenvalue weighted by molar-refractivity contribution is 1.12. The summed E-state index contributed by atoms with van der Waals surface area (Å²) in [5.41, 5.74) is 4.94. The lowest BCUT2D eigenvalue weighted by Crippen LogP contribution is -2.05. The molecule has 0 bridgehead atoms. The van der Waals surface area contributed by atoms with E-state index in [-0.39, 0.29) is 0 Å². The molecule has 3 aromatic carbocycles. The van der Waals surface area contributed by atoms with Crippen molar-refractivity contribution in [3.05, 3.63) is 114 Å². The van der Waals surface area contributed by atoms with Gasteiger partial charge >= 0.3 is 0 Å². The molecular weight excluding hydrogens is 362 g/mol. The second-order valence-electron chi connectivity index (χ2n) is 6.21. The van der Waals surface area contributed by atoms with Crippen LogP contribution in [-0.4, -0.2) is 17.5 Å². The van der Waals surface area contributed by atoms with Gasteiger partial charge in [-0.1, -0.05) is 79.4 Å². The Morgan fingerprint density at radius 2 is 1.32 bits per heavy atom. The molecule has 4 heteroatoms. The van der Waals surface area contributed by atoms with E-state index in [1.54, 1.807) is 6.21 Å². The van der Waals surface area contributed by atoms with Crippen molar-refractivity contribution in [2.45, 2.75) is 6.42 Å². The number of nitrogens with zero attached hydrogens (tertiary/aromatic N) is 2. The molecule has 0 radical (unpaired) electrons. The van der Waals surface area contributed by atoms with E-state index in [0.29, 0.717) is 5.11 Å². The molecule has 0 saturated carbocycles. The number of rotatable bonds is 6. The molecule has 3 nitrogen and oxygen atoms in total. The van der Waals surface area contributed by atoms with Gasteiger partial charge in [0.1, 0.15) is 0 Å². The van der Waals surface area contributed by atoms with Gasteiger partial charge in [0.15, 0.2) is 5.11 Å². The maximum Gasteiger partial charge on any atom is 0.197 e. The van der Waals surface area contributed by atoms with Crippen LogP contribution in [-0.2, 0) is 6.42 Å². The summed E-state index contributed by atoms with van der Waals surface area (Å²) in [7, 11) is 0. The largest absolute Gasteiger partial charge is 0.331 e. The molecular formula is C24H21N3S. The summed E-state index contributed by atoms with van der Waals surface area (Å²) in [5, 5.41) is 3.50. The van der Waals surface area contributed by atoms with Gasteiger partial charge in [-0.2, -0.15) is 0 Å². The minimum atomic E-state index is 0.425. The second kappa shape index (κ2) is 10.1. The predicted molar refractivity (Wildman–Crippen MR) is 124 cm³/mol. The molecule has 0 aliphatic heterocycles. The zero-order valence-electron chi connectivity index (χ0n) is 15.5. The number of hydrogen-bond donors (Lipinski definition) is 1. The lowest BCUT2D eigenvalue weighted by atomic mass is 10.1. The normalized spacial score (nSPS) is 11.0. The van der Waals surface area contributed by atoms with Crippen molar-refractivity contribution in [1.29, 1.82) is 0 Å². The fourth-order valence-corrected chi connectivity index (χ4v) is 2.69. The van der Waals surface area contributed by atoms with Crippen molar-refractivity contribution in [1.82, 2.24) is 0 Å². The van der Waals surface area contributed by atoms with E-state index in [9.17, 15) is 0 Å². The highest BCUT2D eigenvalue weighted by molar-refractivity contribution is 7.80. The van der Waals surface area contributed by atoms with Crippen LogP contribution in [0, 0.1) is 0 Å². The van der Waals surface area contributed by atoms with Crippen LogP contribution in [0.2, 0.25) is 0 Å². The minimum absolute atomic E-state index is 0.425. The molecule has 28 heavy (non-hydrogen) atoms. The summed E-state index contributed by atoms with van der Waals surface area (Å²) >= 11 is 5.24. The summed E-state index contributed by atoms with van der Waals surface area (Å²) in [6.07, 6.45) is 4.31. The van der Waals surface area contributed by atoms with Crippen molar-refractivity contribution in [3.63, 3.8) is 0 Å². The number of aliphatic imine (C=N–C) groups is 2. The predicted octanol–water partition coefficient (Wildman–Crippen LogP) is 5.68. The molecule has 0 amide bonds. The van der Waals surface area contributed by atoms with Gasteiger partial charge in [-0.15, -0.1) is 0 Å². The van der Waals surface area contributed by atoms with Gasteiger partial charge in [0, 0.05) is 30.2 Å². The van der Waals surface area contributed by atoms with Gasteiger partial charge in [0.05, 0.1) is 0 Å². The maximum atomic E-state index is 5.24. The average molecular weight is 384 g/mol. The van der Waals surface area contributed by atoms with Crippen LogP contribution in [0.1, 0.15) is 16.7 Å². The van der Waals surface area contributed by atoms with E-state index < -0.39 is 0 Å². The Kier molecular flexibility index (Phi) is 6.99. The van der Waals surface area contributed by atoms with E-state index in [4.69, 9.17) is 12.2 Å². The van der Waals surface area contributed by atoms with Crippen LogP contribution in [0.25, 0.3) is 0 Å². The molecule has 0 aliphatic rings. The molecule has 0 saturated heterocycles. The van der Waals surface area contributed by atoms with Gasteiger partial charge < -0.3 is 5.32 Å². The number of allylic oxidation sites excluding steroid dienone is 1. The van der Waals surface area contributed by atoms with Gasteiger partial charge in [-0.05, 0) is 41.0 Å². The molecule has 3 aromatic rings. The Morgan fingerprint density at radius 1 is 0.786 bits per heavy atom. The lowest BCUT2D eigenvalue weighted by Gasteiger charge is -2.03. The molecule has 0 heterocycles. The SMILES string of the molecule is C=C(Cc1ccccc1)N=Cc1ccc(/C=N/C(=S)Nc2ccccc2)cc1. The summed E-state index contributed by atoms with van der Waals surface area (Å²) < 4.78 is 0. The van der Waals surface area contributed by atoms with Gasteiger partial charge in [0.25, 0.3) is 0 Å². The summed E-state index contributed by atoms with van der Waals surface area (Å²) in [6, 6.07) is 27.9. The van der Waals surface area contributed by atoms with E-state index in [2.05, 4.69) is 34.0 Å². The number of nitrogens with one attached hydrogen (secondary N) is 1. The quantitative estimate of drug-likeness (QED) is 0.439. The molecule has 1 N–H and O–H groups in total. The molecule has 0 aliphatic carbocycles. The fourth-order valence-electron chi connectivity index (χ4n) is 2.52. The van der Waals surface area contributed by atoms with Crippen LogP contribution in [0.4, 0.5) is 5.69 Å². The van der Waals surface area contributed by atoms with Crippen LogP contribution < -0.4 is 5.32 Å². The topological polar surface area (TPSA) is 36.8 Å². The third kappa shape index (κ3) is 6.41. The zero-order chi connectivity index (χ0) is 19.6. The average Bonchev–Trinajstić information content (AvgIpc) is 2.73. The Balaban J connectivity index is 1.53. The third-order valence-corrected chi connectivity index (χ3v) is 4.15. The number of thiocarbonyl (C=S) groups is 1. The van der Waals surface area contributed by atoms with E-state index in [1.807, 2.05) is 79.0 Å². The highest BCUT2D eigenvalue weighted by atomic mass is 32.1. The highest BCUT2D eigenvalue weighted by Crippen LogP contribution is 2.08. The fraction of sp³-hybridized carbons (Fsp3) is 0.0417. The summed E-state index contributed by atoms with van der Waals surface area (Å²) in [4.78, 5) is 8.74. The number of benzene rings is 3. The molecule has 0 spiro atoms. The summed E-state index contributed by atoms with van der Waals surface area (Å²) in [6.45, 7) is 4.03. The first kappa shape index (κ1) is 19.4. The Hall–Kier alpha value is -3.37. The monoisotopic (exact) mass is 383 g/mol. The highest BCUT2D eigenvalue weighted by Gasteiger charge is 1.96. The Labute approximate surface area is 171 Å². The molecule has 138 valence electrons. The number of para-hydroxylation sites is 1. The van der Waals surface area contributed by atoms with E-state index in [1.165, 1.54) is 5.56 Å². The van der Waals surface area contributed by atoms with Crippen molar-refractivity contribution in [2.75, 3.05) is 5.32 Å². The van der Waals surface area contributed by atoms with E-state index >= 15 is 0 Å². The molecule has 3 rings (SSSR count). The van der Waals surface area contributed by atoms with Crippen LogP contribution >= 0.6 is 12.2 Å². The van der Waals surface area contributed by atoms with Crippen LogP contribution in [0.15, 0.2) is 107 Å². The molecule has 0 unspecified atom stereocenters. The second-order valence-corrected chi connectivity index (χ2v) is 6.59. The smallest absolute Gasteiger partial charge is 0.197 e. The molecule has 0 atom stereocenters. The first-order chi connectivity index (χ1) is 13.7. The molecule has 0 aromatic heterocycles. The van der Waals surface area contributed by atoms with Crippen molar-refractivity contribution < 1.29 is 0 Å². The Morgan fingerprint density at radius 3 is 1.93 bits per heavy atom. The standard InChI is InChI=1S/C24H21N3S/c1-19(16-20-8-4-2-5-9-20)25-17-21-12-14-22(15-13-21)18-26-24(28)27-23-10-6-3-7-11-23/h2-15,17-18H,1,16H2,(H,27,28)/b25-17?,26-18+. The van der Waals surface area contributed by atoms with Gasteiger partial charge in [-0.3, -0.25) is 4.99 Å². The Bertz CT molecular complexity index is 893. The first-order valence-corrected chi connectivity index (χ1v) is 9.36. The zero-order valence-corrected chi connectivity index (χ0v) is 16.3. The third-order valence-electron chi connectivity index (χ3n) is 3.94. The summed E-state index contributed by atoms with van der Waals surface area (Å²) in [5.74, 6) is 0. The number of hydrogen-bond acceptors (Lipinski definition) is 2. The van der Waals surface area contributed by atoms with E-state index in [0.717, 1.165) is 28.9 Å². The first-order valence-electron chi connectivity index (χ1n) is 8.95. The minimum Gasteiger partial charge on any atom is -0.331 e. The van der Waals surface area contributed by atoms with Crippen molar-refractivity contribution in [3.8, 4) is 0 Å². The van der Waals surface area contributed by atoms with Gasteiger partial charge in [0.2, 0.25) is 0 Å². The van der Waals surface area contributed by atoms with Gasteiger partial charge in [-0.25, -0.2) is 4.99 Å². The van der Waals surface area contributed by atoms with Crippen LogP contribution in [0.3, 0.4) is 0 Å². The van der Waals surface area contributed by atoms with Crippen molar-refractivity contribution >= 4 is 35.4 Å². The maximum absolute atomic E-state index is 5.24. The number of anilines is 1. The van der Waals surface area contributed by atoms with Crippen molar-refractivity contribution in [2.24, 2.45) is 9.98 Å². The molecule has 0 fully saturated rings.